The number of nitrogens with one attached hydrogen (secondary N) is 3. The normalized spacial score (nSPS) is 10.5. The Kier molecular flexibility index (Phi) is 9.12. The van der Waals surface area contributed by atoms with Gasteiger partial charge in [0.15, 0.2) is 11.6 Å². The van der Waals surface area contributed by atoms with Gasteiger partial charge >= 0.3 is 0 Å². The first-order valence-electron chi connectivity index (χ1n) is 9.37. The Bertz CT molecular complexity index is 947. The number of hydrazone groups is 1. The predicted molar refractivity (Wildman–Crippen MR) is 111 cm³/mol. The van der Waals surface area contributed by atoms with Crippen molar-refractivity contribution in [2.45, 2.75) is 6.42 Å². The molecule has 0 unspecified atom stereocenters. The van der Waals surface area contributed by atoms with Crippen molar-refractivity contribution < 1.29 is 28.6 Å². The molecule has 0 bridgehead atoms. The van der Waals surface area contributed by atoms with E-state index in [2.05, 4.69) is 21.2 Å². The van der Waals surface area contributed by atoms with E-state index in [1.54, 1.807) is 0 Å². The number of nitrogens with zero attached hydrogens (tertiary/aromatic N) is 1. The summed E-state index contributed by atoms with van der Waals surface area (Å²) in [7, 11) is 1.35. The van der Waals surface area contributed by atoms with Gasteiger partial charge in [0.05, 0.1) is 19.9 Å². The molecule has 0 saturated heterocycles. The Morgan fingerprint density at radius 2 is 1.71 bits per heavy atom. The summed E-state index contributed by atoms with van der Waals surface area (Å²) in [5.74, 6) is -1.59. The monoisotopic (exact) mass is 430 g/mol. The topological polar surface area (TPSA) is 129 Å². The largest absolute Gasteiger partial charge is 0.494 e. The molecular weight excluding hydrogens is 407 g/mol. The SMILES string of the molecule is COc1cc(C=NNC(=O)c2ccc(C(=O)NCCC(=O)NCCO)cc2)ccc1F. The first-order valence-corrected chi connectivity index (χ1v) is 9.37. The molecule has 10 heteroatoms. The maximum atomic E-state index is 13.4. The molecule has 2 aromatic carbocycles. The van der Waals surface area contributed by atoms with Gasteiger partial charge in [-0.2, -0.15) is 5.10 Å². The maximum absolute atomic E-state index is 13.4. The highest BCUT2D eigenvalue weighted by atomic mass is 19.1. The van der Waals surface area contributed by atoms with Gasteiger partial charge in [0.25, 0.3) is 11.8 Å². The zero-order valence-electron chi connectivity index (χ0n) is 16.9. The smallest absolute Gasteiger partial charge is 0.271 e. The summed E-state index contributed by atoms with van der Waals surface area (Å²) in [6.45, 7) is 0.157. The molecule has 0 aliphatic rings. The van der Waals surface area contributed by atoms with Crippen LogP contribution in [0, 0.1) is 5.82 Å². The molecule has 0 heterocycles. The summed E-state index contributed by atoms with van der Waals surface area (Å²) in [5, 5.41) is 17.5. The lowest BCUT2D eigenvalue weighted by Gasteiger charge is -2.06. The number of carbonyl (C=O) groups excluding carboxylic acids is 3. The second-order valence-electron chi connectivity index (χ2n) is 6.25. The number of benzene rings is 2. The summed E-state index contributed by atoms with van der Waals surface area (Å²) in [5.41, 5.74) is 3.50. The Morgan fingerprint density at radius 3 is 2.35 bits per heavy atom. The number of aliphatic hydroxyl groups is 1. The number of hydrogen-bond acceptors (Lipinski definition) is 6. The molecule has 0 saturated carbocycles. The van der Waals surface area contributed by atoms with Crippen LogP contribution >= 0.6 is 0 Å². The third-order valence-corrected chi connectivity index (χ3v) is 4.04. The van der Waals surface area contributed by atoms with Crippen LogP contribution < -0.4 is 20.8 Å². The Hall–Kier alpha value is -3.79. The Balaban J connectivity index is 1.84. The van der Waals surface area contributed by atoms with Gasteiger partial charge in [-0.15, -0.1) is 0 Å². The van der Waals surface area contributed by atoms with Crippen LogP contribution in [0.5, 0.6) is 5.75 Å². The first kappa shape index (κ1) is 23.5. The van der Waals surface area contributed by atoms with E-state index >= 15 is 0 Å². The van der Waals surface area contributed by atoms with Crippen molar-refractivity contribution in [2.75, 3.05) is 26.8 Å². The van der Waals surface area contributed by atoms with Crippen molar-refractivity contribution in [2.24, 2.45) is 5.10 Å². The van der Waals surface area contributed by atoms with Crippen LogP contribution in [-0.2, 0) is 4.79 Å². The summed E-state index contributed by atoms with van der Waals surface area (Å²) in [6.07, 6.45) is 1.43. The summed E-state index contributed by atoms with van der Waals surface area (Å²) >= 11 is 0. The number of ether oxygens (including phenoxy) is 1. The zero-order chi connectivity index (χ0) is 22.6. The molecule has 0 fully saturated rings. The fourth-order valence-electron chi connectivity index (χ4n) is 2.43. The van der Waals surface area contributed by atoms with E-state index in [4.69, 9.17) is 9.84 Å². The lowest BCUT2D eigenvalue weighted by Crippen LogP contribution is -2.32. The van der Waals surface area contributed by atoms with Crippen LogP contribution in [-0.4, -0.2) is 55.8 Å². The van der Waals surface area contributed by atoms with Crippen molar-refractivity contribution in [3.8, 4) is 5.75 Å². The van der Waals surface area contributed by atoms with E-state index in [0.717, 1.165) is 0 Å². The van der Waals surface area contributed by atoms with Crippen LogP contribution in [0.15, 0.2) is 47.6 Å². The average Bonchev–Trinajstić information content (AvgIpc) is 2.78. The number of amides is 3. The van der Waals surface area contributed by atoms with Crippen LogP contribution in [0.3, 0.4) is 0 Å². The minimum Gasteiger partial charge on any atom is -0.494 e. The summed E-state index contributed by atoms with van der Waals surface area (Å²) in [4.78, 5) is 35.6. The van der Waals surface area contributed by atoms with E-state index in [-0.39, 0.29) is 49.2 Å². The van der Waals surface area contributed by atoms with E-state index in [9.17, 15) is 18.8 Å². The van der Waals surface area contributed by atoms with Crippen LogP contribution in [0.2, 0.25) is 0 Å². The quantitative estimate of drug-likeness (QED) is 0.328. The van der Waals surface area contributed by atoms with Crippen molar-refractivity contribution in [1.82, 2.24) is 16.1 Å². The van der Waals surface area contributed by atoms with Crippen molar-refractivity contribution in [3.05, 3.63) is 65.0 Å². The minimum absolute atomic E-state index is 0.0648. The second-order valence-corrected chi connectivity index (χ2v) is 6.25. The molecule has 0 aromatic heterocycles. The van der Waals surface area contributed by atoms with E-state index in [1.165, 1.54) is 55.8 Å². The molecule has 0 spiro atoms. The molecule has 31 heavy (non-hydrogen) atoms. The molecule has 0 radical (unpaired) electrons. The van der Waals surface area contributed by atoms with Gasteiger partial charge in [0.1, 0.15) is 0 Å². The summed E-state index contributed by atoms with van der Waals surface area (Å²) < 4.78 is 18.3. The first-order chi connectivity index (χ1) is 14.9. The Morgan fingerprint density at radius 1 is 1.03 bits per heavy atom. The highest BCUT2D eigenvalue weighted by Gasteiger charge is 2.09. The maximum Gasteiger partial charge on any atom is 0.271 e. The molecule has 4 N–H and O–H groups in total. The minimum atomic E-state index is -0.502. The number of halogens is 1. The number of carbonyl (C=O) groups is 3. The molecule has 2 rings (SSSR count). The number of methoxy groups -OCH3 is 1. The molecule has 2 aromatic rings. The molecule has 0 atom stereocenters. The Labute approximate surface area is 178 Å². The van der Waals surface area contributed by atoms with Crippen LogP contribution in [0.25, 0.3) is 0 Å². The highest BCUT2D eigenvalue weighted by molar-refractivity contribution is 5.98. The van der Waals surface area contributed by atoms with Gasteiger partial charge in [-0.3, -0.25) is 14.4 Å². The lowest BCUT2D eigenvalue weighted by molar-refractivity contribution is -0.121. The van der Waals surface area contributed by atoms with E-state index in [0.29, 0.717) is 11.1 Å². The molecule has 164 valence electrons. The molecule has 0 aliphatic heterocycles. The van der Waals surface area contributed by atoms with E-state index < -0.39 is 11.7 Å². The fraction of sp³-hybridized carbons (Fsp3) is 0.238. The third-order valence-electron chi connectivity index (χ3n) is 4.04. The third kappa shape index (κ3) is 7.52. The molecule has 3 amide bonds. The van der Waals surface area contributed by atoms with E-state index in [1.807, 2.05) is 0 Å². The van der Waals surface area contributed by atoms with Gasteiger partial charge in [0.2, 0.25) is 5.91 Å². The number of hydrogen-bond donors (Lipinski definition) is 4. The lowest BCUT2D eigenvalue weighted by atomic mass is 10.1. The fourth-order valence-corrected chi connectivity index (χ4v) is 2.43. The summed E-state index contributed by atoms with van der Waals surface area (Å²) in [6, 6.07) is 10.0. The highest BCUT2D eigenvalue weighted by Crippen LogP contribution is 2.17. The average molecular weight is 430 g/mol. The predicted octanol–water partition coefficient (Wildman–Crippen LogP) is 0.827. The van der Waals surface area contributed by atoms with Gasteiger partial charge in [0, 0.05) is 30.6 Å². The molecule has 9 nitrogen and oxygen atoms in total. The van der Waals surface area contributed by atoms with Gasteiger partial charge in [-0.05, 0) is 42.0 Å². The van der Waals surface area contributed by atoms with Crippen molar-refractivity contribution in [3.63, 3.8) is 0 Å². The van der Waals surface area contributed by atoms with Crippen molar-refractivity contribution >= 4 is 23.9 Å². The zero-order valence-corrected chi connectivity index (χ0v) is 16.9. The molecule has 0 aliphatic carbocycles. The van der Waals surface area contributed by atoms with Gasteiger partial charge in [-0.1, -0.05) is 6.07 Å². The van der Waals surface area contributed by atoms with Crippen LogP contribution in [0.1, 0.15) is 32.7 Å². The standard InChI is InChI=1S/C21H23FN4O5/c1-31-18-12-14(2-7-17(18)22)13-25-26-21(30)16-5-3-15(4-6-16)20(29)24-9-8-19(28)23-10-11-27/h2-7,12-13,27H,8-11H2,1H3,(H,23,28)(H,24,29)(H,26,30). The van der Waals surface area contributed by atoms with Gasteiger partial charge < -0.3 is 20.5 Å². The number of rotatable bonds is 10. The van der Waals surface area contributed by atoms with Crippen molar-refractivity contribution in [1.29, 1.82) is 0 Å². The second kappa shape index (κ2) is 12.0. The molecular formula is C21H23FN4O5. The number of aliphatic hydroxyl groups excluding tert-OH is 1. The van der Waals surface area contributed by atoms with Crippen LogP contribution in [0.4, 0.5) is 4.39 Å². The van der Waals surface area contributed by atoms with Gasteiger partial charge in [-0.25, -0.2) is 9.82 Å².